The summed E-state index contributed by atoms with van der Waals surface area (Å²) in [6.07, 6.45) is 0.983. The van der Waals surface area contributed by atoms with Gasteiger partial charge < -0.3 is 19.5 Å². The van der Waals surface area contributed by atoms with Crippen LogP contribution in [0, 0.1) is 0 Å². The fraction of sp³-hybridized carbons (Fsp3) is 0.368. The summed E-state index contributed by atoms with van der Waals surface area (Å²) in [6.45, 7) is 2.78. The predicted octanol–water partition coefficient (Wildman–Crippen LogP) is 5.13. The summed E-state index contributed by atoms with van der Waals surface area (Å²) >= 11 is 12.1. The quantitative estimate of drug-likeness (QED) is 0.541. The van der Waals surface area contributed by atoms with Crippen LogP contribution in [0.2, 0.25) is 10.0 Å². The Bertz CT molecular complexity index is 683. The zero-order valence-corrected chi connectivity index (χ0v) is 17.2. The third-order valence-corrected chi connectivity index (χ3v) is 4.24. The molecule has 0 aliphatic rings. The van der Waals surface area contributed by atoms with Gasteiger partial charge in [0.15, 0.2) is 11.5 Å². The van der Waals surface area contributed by atoms with E-state index in [4.69, 9.17) is 37.4 Å². The summed E-state index contributed by atoms with van der Waals surface area (Å²) in [5, 5.41) is 4.56. The maximum atomic E-state index is 6.18. The highest BCUT2D eigenvalue weighted by Crippen LogP contribution is 2.30. The number of rotatable bonds is 10. The minimum atomic E-state index is 0. The number of ether oxygens (including phenoxy) is 3. The second kappa shape index (κ2) is 12.3. The average Bonchev–Trinajstić information content (AvgIpc) is 2.61. The highest BCUT2D eigenvalue weighted by molar-refractivity contribution is 6.35. The first-order valence-electron chi connectivity index (χ1n) is 8.07. The molecule has 7 heteroatoms. The zero-order chi connectivity index (χ0) is 18.1. The molecule has 0 unspecified atom stereocenters. The predicted molar refractivity (Wildman–Crippen MR) is 109 cm³/mol. The van der Waals surface area contributed by atoms with Gasteiger partial charge in [-0.1, -0.05) is 35.3 Å². The molecule has 4 nitrogen and oxygen atoms in total. The SMILES string of the molecule is COCCCNCc1ccc(OCc2ccc(Cl)cc2Cl)c(OC)c1.Cl. The highest BCUT2D eigenvalue weighted by atomic mass is 35.5. The van der Waals surface area contributed by atoms with E-state index in [-0.39, 0.29) is 12.4 Å². The first-order chi connectivity index (χ1) is 12.1. The molecular formula is C19H24Cl3NO3. The van der Waals surface area contributed by atoms with Crippen LogP contribution >= 0.6 is 35.6 Å². The first kappa shape index (κ1) is 22.9. The van der Waals surface area contributed by atoms with Gasteiger partial charge >= 0.3 is 0 Å². The molecule has 2 aromatic rings. The van der Waals surface area contributed by atoms with Crippen LogP contribution in [0.5, 0.6) is 11.5 Å². The smallest absolute Gasteiger partial charge is 0.161 e. The number of methoxy groups -OCH3 is 2. The molecule has 2 aromatic carbocycles. The molecule has 0 spiro atoms. The van der Waals surface area contributed by atoms with Crippen LogP contribution in [0.15, 0.2) is 36.4 Å². The molecule has 0 aliphatic carbocycles. The van der Waals surface area contributed by atoms with E-state index in [1.165, 1.54) is 0 Å². The largest absolute Gasteiger partial charge is 0.493 e. The first-order valence-corrected chi connectivity index (χ1v) is 8.83. The van der Waals surface area contributed by atoms with Crippen molar-refractivity contribution in [2.75, 3.05) is 27.4 Å². The lowest BCUT2D eigenvalue weighted by molar-refractivity contribution is 0.194. The van der Waals surface area contributed by atoms with Crippen LogP contribution in [-0.2, 0) is 17.9 Å². The Morgan fingerprint density at radius 2 is 1.81 bits per heavy atom. The molecule has 0 saturated heterocycles. The lowest BCUT2D eigenvalue weighted by Crippen LogP contribution is -2.16. The van der Waals surface area contributed by atoms with Crippen LogP contribution in [-0.4, -0.2) is 27.4 Å². The van der Waals surface area contributed by atoms with E-state index in [0.29, 0.717) is 28.2 Å². The molecule has 26 heavy (non-hydrogen) atoms. The van der Waals surface area contributed by atoms with Crippen molar-refractivity contribution in [1.82, 2.24) is 5.32 Å². The molecule has 0 amide bonds. The highest BCUT2D eigenvalue weighted by Gasteiger charge is 2.08. The molecule has 0 atom stereocenters. The number of benzene rings is 2. The molecule has 2 rings (SSSR count). The van der Waals surface area contributed by atoms with Crippen LogP contribution in [0.1, 0.15) is 17.5 Å². The molecule has 0 radical (unpaired) electrons. The maximum Gasteiger partial charge on any atom is 0.161 e. The fourth-order valence-corrected chi connectivity index (χ4v) is 2.77. The van der Waals surface area contributed by atoms with Crippen LogP contribution < -0.4 is 14.8 Å². The van der Waals surface area contributed by atoms with E-state index in [1.54, 1.807) is 26.4 Å². The third kappa shape index (κ3) is 7.22. The number of halogens is 3. The Morgan fingerprint density at radius 3 is 2.50 bits per heavy atom. The van der Waals surface area contributed by atoms with Gasteiger partial charge in [-0.25, -0.2) is 0 Å². The van der Waals surface area contributed by atoms with Crippen molar-refractivity contribution >= 4 is 35.6 Å². The molecule has 0 aromatic heterocycles. The van der Waals surface area contributed by atoms with Gasteiger partial charge in [0.05, 0.1) is 7.11 Å². The number of nitrogens with one attached hydrogen (secondary N) is 1. The molecule has 0 saturated carbocycles. The van der Waals surface area contributed by atoms with Crippen LogP contribution in [0.4, 0.5) is 0 Å². The van der Waals surface area contributed by atoms with Gasteiger partial charge in [0.25, 0.3) is 0 Å². The van der Waals surface area contributed by atoms with Gasteiger partial charge in [-0.3, -0.25) is 0 Å². The van der Waals surface area contributed by atoms with Gasteiger partial charge in [0, 0.05) is 35.9 Å². The monoisotopic (exact) mass is 419 g/mol. The summed E-state index contributed by atoms with van der Waals surface area (Å²) in [6, 6.07) is 11.3. The van der Waals surface area contributed by atoms with Gasteiger partial charge in [0.1, 0.15) is 6.61 Å². The van der Waals surface area contributed by atoms with Gasteiger partial charge in [-0.2, -0.15) is 0 Å². The Morgan fingerprint density at radius 1 is 1.00 bits per heavy atom. The summed E-state index contributed by atoms with van der Waals surface area (Å²) in [7, 11) is 3.34. The molecule has 0 aliphatic heterocycles. The number of hydrogen-bond acceptors (Lipinski definition) is 4. The van der Waals surface area contributed by atoms with Crippen molar-refractivity contribution < 1.29 is 14.2 Å². The van der Waals surface area contributed by atoms with Gasteiger partial charge in [-0.15, -0.1) is 12.4 Å². The topological polar surface area (TPSA) is 39.7 Å². The van der Waals surface area contributed by atoms with Crippen molar-refractivity contribution in [3.63, 3.8) is 0 Å². The van der Waals surface area contributed by atoms with Crippen molar-refractivity contribution in [2.45, 2.75) is 19.6 Å². The summed E-state index contributed by atoms with van der Waals surface area (Å²) < 4.78 is 16.3. The molecule has 0 bridgehead atoms. The zero-order valence-electron chi connectivity index (χ0n) is 14.9. The molecule has 1 N–H and O–H groups in total. The Balaban J connectivity index is 0.00000338. The lowest BCUT2D eigenvalue weighted by Gasteiger charge is -2.13. The van der Waals surface area contributed by atoms with Crippen molar-refractivity contribution in [2.24, 2.45) is 0 Å². The Labute approximate surface area is 171 Å². The third-order valence-electron chi connectivity index (χ3n) is 3.66. The molecule has 0 fully saturated rings. The second-order valence-electron chi connectivity index (χ2n) is 5.53. The lowest BCUT2D eigenvalue weighted by atomic mass is 10.2. The summed E-state index contributed by atoms with van der Waals surface area (Å²) in [5.41, 5.74) is 2.00. The van der Waals surface area contributed by atoms with E-state index in [2.05, 4.69) is 5.32 Å². The van der Waals surface area contributed by atoms with Crippen LogP contribution in [0.3, 0.4) is 0 Å². The maximum absolute atomic E-state index is 6.18. The fourth-order valence-electron chi connectivity index (χ4n) is 2.31. The molecular weight excluding hydrogens is 397 g/mol. The Hall–Kier alpha value is -1.17. The summed E-state index contributed by atoms with van der Waals surface area (Å²) in [5.74, 6) is 1.37. The minimum Gasteiger partial charge on any atom is -0.493 e. The van der Waals surface area contributed by atoms with Crippen LogP contribution in [0.25, 0.3) is 0 Å². The Kier molecular flexibility index (Phi) is 10.8. The van der Waals surface area contributed by atoms with Gasteiger partial charge in [0.2, 0.25) is 0 Å². The van der Waals surface area contributed by atoms with Gasteiger partial charge in [-0.05, 0) is 42.8 Å². The molecule has 0 heterocycles. The second-order valence-corrected chi connectivity index (χ2v) is 6.38. The van der Waals surface area contributed by atoms with E-state index in [9.17, 15) is 0 Å². The van der Waals surface area contributed by atoms with E-state index < -0.39 is 0 Å². The number of hydrogen-bond donors (Lipinski definition) is 1. The van der Waals surface area contributed by atoms with E-state index in [1.807, 2.05) is 24.3 Å². The van der Waals surface area contributed by atoms with Crippen molar-refractivity contribution in [3.8, 4) is 11.5 Å². The van der Waals surface area contributed by atoms with Crippen molar-refractivity contribution in [1.29, 1.82) is 0 Å². The minimum absolute atomic E-state index is 0. The van der Waals surface area contributed by atoms with Crippen molar-refractivity contribution in [3.05, 3.63) is 57.6 Å². The average molecular weight is 421 g/mol. The molecule has 144 valence electrons. The van der Waals surface area contributed by atoms with E-state index >= 15 is 0 Å². The standard InChI is InChI=1S/C19H23Cl2NO3.ClH/c1-23-9-3-8-22-12-14-4-7-18(19(10-14)24-2)25-13-15-5-6-16(20)11-17(15)21;/h4-7,10-11,22H,3,8-9,12-13H2,1-2H3;1H. The normalized spacial score (nSPS) is 10.3. The van der Waals surface area contributed by atoms with E-state index in [0.717, 1.165) is 37.2 Å². The summed E-state index contributed by atoms with van der Waals surface area (Å²) in [4.78, 5) is 0.